The Balaban J connectivity index is 1.08. The molecular weight excluding hydrogens is 713 g/mol. The largest absolute Gasteiger partial charge is 0.416 e. The Hall–Kier alpha value is -8.54. The van der Waals surface area contributed by atoms with Crippen molar-refractivity contribution in [3.05, 3.63) is 215 Å². The summed E-state index contributed by atoms with van der Waals surface area (Å²) in [5, 5.41) is 3.40. The van der Waals surface area contributed by atoms with Gasteiger partial charge in [-0.3, -0.25) is 0 Å². The fourth-order valence-corrected chi connectivity index (χ4v) is 6.29. The SMILES string of the molecule is O=C(C#Cc1ccc(C#Cc2ccccc2)cc1)Oc1ccc2ccccc2c1-c1c(OC(=O)C#Cc2ccc(C#Cc3ccccc3)cc2)ccc2ccccc12. The first-order chi connectivity index (χ1) is 28.6. The van der Waals surface area contributed by atoms with E-state index >= 15 is 0 Å². The number of rotatable bonds is 3. The highest BCUT2D eigenvalue weighted by molar-refractivity contribution is 6.11. The lowest BCUT2D eigenvalue weighted by Crippen LogP contribution is -2.08. The van der Waals surface area contributed by atoms with Gasteiger partial charge in [-0.15, -0.1) is 0 Å². The number of benzene rings is 8. The molecule has 58 heavy (non-hydrogen) atoms. The van der Waals surface area contributed by atoms with E-state index < -0.39 is 11.9 Å². The molecule has 0 radical (unpaired) electrons. The van der Waals surface area contributed by atoms with Crippen molar-refractivity contribution in [1.29, 1.82) is 0 Å². The number of hydrogen-bond acceptors (Lipinski definition) is 4. The Morgan fingerprint density at radius 2 is 0.621 bits per heavy atom. The predicted molar refractivity (Wildman–Crippen MR) is 230 cm³/mol. The summed E-state index contributed by atoms with van der Waals surface area (Å²) in [7, 11) is 0. The van der Waals surface area contributed by atoms with Gasteiger partial charge < -0.3 is 9.47 Å². The van der Waals surface area contributed by atoms with E-state index in [4.69, 9.17) is 9.47 Å². The molecule has 0 bridgehead atoms. The van der Waals surface area contributed by atoms with Crippen LogP contribution in [0, 0.1) is 47.4 Å². The average molecular weight is 743 g/mol. The molecule has 8 rings (SSSR count). The predicted octanol–water partition coefficient (Wildman–Crippen LogP) is 10.4. The van der Waals surface area contributed by atoms with Gasteiger partial charge in [0.2, 0.25) is 0 Å². The lowest BCUT2D eigenvalue weighted by atomic mass is 9.92. The molecule has 0 heterocycles. The molecule has 0 spiro atoms. The van der Waals surface area contributed by atoms with E-state index in [0.29, 0.717) is 22.3 Å². The summed E-state index contributed by atoms with van der Waals surface area (Å²) in [5.41, 5.74) is 5.93. The Morgan fingerprint density at radius 1 is 0.310 bits per heavy atom. The molecule has 0 aliphatic heterocycles. The highest BCUT2D eigenvalue weighted by Crippen LogP contribution is 2.45. The lowest BCUT2D eigenvalue weighted by Gasteiger charge is -2.17. The minimum atomic E-state index is -0.744. The van der Waals surface area contributed by atoms with Gasteiger partial charge in [-0.2, -0.15) is 0 Å². The molecule has 4 heteroatoms. The van der Waals surface area contributed by atoms with Gasteiger partial charge in [-0.25, -0.2) is 9.59 Å². The molecule has 0 atom stereocenters. The molecule has 8 aromatic carbocycles. The van der Waals surface area contributed by atoms with Crippen LogP contribution in [0.25, 0.3) is 32.7 Å². The maximum atomic E-state index is 13.4. The van der Waals surface area contributed by atoms with Crippen LogP contribution in [0.1, 0.15) is 33.4 Å². The van der Waals surface area contributed by atoms with Crippen molar-refractivity contribution >= 4 is 33.5 Å². The van der Waals surface area contributed by atoms with Crippen LogP contribution < -0.4 is 9.47 Å². The van der Waals surface area contributed by atoms with Crippen LogP contribution in [0.2, 0.25) is 0 Å². The lowest BCUT2D eigenvalue weighted by molar-refractivity contribution is -0.129. The van der Waals surface area contributed by atoms with E-state index in [1.807, 2.05) is 170 Å². The van der Waals surface area contributed by atoms with Gasteiger partial charge in [-0.1, -0.05) is 133 Å². The number of carbonyl (C=O) groups excluding carboxylic acids is 2. The van der Waals surface area contributed by atoms with E-state index in [1.165, 1.54) is 0 Å². The molecule has 0 saturated carbocycles. The fraction of sp³-hybridized carbons (Fsp3) is 0. The molecule has 0 fully saturated rings. The van der Waals surface area contributed by atoms with Crippen LogP contribution in [0.15, 0.2) is 182 Å². The number of carbonyl (C=O) groups is 2. The molecule has 0 unspecified atom stereocenters. The van der Waals surface area contributed by atoms with Crippen molar-refractivity contribution in [3.63, 3.8) is 0 Å². The third-order valence-corrected chi connectivity index (χ3v) is 9.07. The monoisotopic (exact) mass is 742 g/mol. The van der Waals surface area contributed by atoms with E-state index in [9.17, 15) is 9.59 Å². The van der Waals surface area contributed by atoms with E-state index in [-0.39, 0.29) is 11.5 Å². The summed E-state index contributed by atoms with van der Waals surface area (Å²) in [5.74, 6) is 22.7. The molecule has 0 N–H and O–H groups in total. The molecule has 0 amide bonds. The first-order valence-electron chi connectivity index (χ1n) is 18.4. The first kappa shape index (κ1) is 36.4. The second-order valence-electron chi connectivity index (χ2n) is 13.0. The van der Waals surface area contributed by atoms with Crippen molar-refractivity contribution in [2.45, 2.75) is 0 Å². The van der Waals surface area contributed by atoms with Crippen LogP contribution in [0.4, 0.5) is 0 Å². The smallest absolute Gasteiger partial charge is 0.390 e. The van der Waals surface area contributed by atoms with Crippen LogP contribution in [0.3, 0.4) is 0 Å². The van der Waals surface area contributed by atoms with Crippen molar-refractivity contribution in [2.24, 2.45) is 0 Å². The third kappa shape index (κ3) is 8.87. The summed E-state index contributed by atoms with van der Waals surface area (Å²) >= 11 is 0. The maximum Gasteiger partial charge on any atom is 0.390 e. The summed E-state index contributed by atoms with van der Waals surface area (Å²) in [6, 6.07) is 56.9. The number of fused-ring (bicyclic) bond motifs is 2. The first-order valence-corrected chi connectivity index (χ1v) is 18.4. The molecule has 270 valence electrons. The zero-order valence-electron chi connectivity index (χ0n) is 31.0. The van der Waals surface area contributed by atoms with Crippen LogP contribution >= 0.6 is 0 Å². The number of esters is 2. The van der Waals surface area contributed by atoms with E-state index in [2.05, 4.69) is 47.4 Å². The molecule has 0 saturated heterocycles. The van der Waals surface area contributed by atoms with Crippen molar-refractivity contribution in [3.8, 4) is 70.0 Å². The average Bonchev–Trinajstić information content (AvgIpc) is 3.28. The zero-order valence-corrected chi connectivity index (χ0v) is 31.0. The Kier molecular flexibility index (Phi) is 10.9. The molecule has 8 aromatic rings. The van der Waals surface area contributed by atoms with Crippen molar-refractivity contribution in [1.82, 2.24) is 0 Å². The Morgan fingerprint density at radius 3 is 1.00 bits per heavy atom. The minimum Gasteiger partial charge on any atom is -0.416 e. The Labute approximate surface area is 336 Å². The Bertz CT molecular complexity index is 2870. The highest BCUT2D eigenvalue weighted by atomic mass is 16.5. The van der Waals surface area contributed by atoms with E-state index in [0.717, 1.165) is 43.8 Å². The third-order valence-electron chi connectivity index (χ3n) is 9.07. The maximum absolute atomic E-state index is 13.4. The molecule has 0 aliphatic carbocycles. The standard InChI is InChI=1S/C54H30O4/c55-51(37-31-43-27-23-41(24-28-43)21-19-39-11-3-1-4-12-39)57-49-35-33-45-15-7-9-17-47(45)53(49)54-48-18-10-8-16-46(48)34-36-50(54)58-52(56)38-32-44-29-25-42(26-30-44)22-20-40-13-5-2-6-14-40/h1-18,23-30,33-36H. The fourth-order valence-electron chi connectivity index (χ4n) is 6.29. The zero-order chi connectivity index (χ0) is 39.5. The van der Waals surface area contributed by atoms with Crippen LogP contribution in [-0.4, -0.2) is 11.9 Å². The molecule has 4 nitrogen and oxygen atoms in total. The quantitative estimate of drug-likeness (QED) is 0.103. The van der Waals surface area contributed by atoms with Gasteiger partial charge in [-0.05, 0) is 106 Å². The van der Waals surface area contributed by atoms with Crippen LogP contribution in [0.5, 0.6) is 11.5 Å². The normalized spacial score (nSPS) is 10.0. The van der Waals surface area contributed by atoms with Gasteiger partial charge in [0, 0.05) is 56.3 Å². The van der Waals surface area contributed by atoms with Crippen molar-refractivity contribution < 1.29 is 19.1 Å². The topological polar surface area (TPSA) is 52.6 Å². The highest BCUT2D eigenvalue weighted by Gasteiger charge is 2.21. The van der Waals surface area contributed by atoms with Gasteiger partial charge >= 0.3 is 11.9 Å². The summed E-state index contributed by atoms with van der Waals surface area (Å²) in [6.07, 6.45) is 0. The summed E-state index contributed by atoms with van der Waals surface area (Å²) in [6.45, 7) is 0. The van der Waals surface area contributed by atoms with Gasteiger partial charge in [0.05, 0.1) is 0 Å². The van der Waals surface area contributed by atoms with Gasteiger partial charge in [0.1, 0.15) is 11.5 Å². The molecule has 0 aliphatic rings. The number of hydrogen-bond donors (Lipinski definition) is 0. The van der Waals surface area contributed by atoms with Gasteiger partial charge in [0.15, 0.2) is 0 Å². The van der Waals surface area contributed by atoms with Crippen LogP contribution in [-0.2, 0) is 9.59 Å². The summed E-state index contributed by atoms with van der Waals surface area (Å²) < 4.78 is 12.0. The summed E-state index contributed by atoms with van der Waals surface area (Å²) in [4.78, 5) is 26.7. The van der Waals surface area contributed by atoms with Gasteiger partial charge in [0.25, 0.3) is 0 Å². The second-order valence-corrected chi connectivity index (χ2v) is 13.0. The minimum absolute atomic E-state index is 0.264. The number of ether oxygens (including phenoxy) is 2. The molecule has 0 aromatic heterocycles. The second kappa shape index (κ2) is 17.3. The van der Waals surface area contributed by atoms with Crippen molar-refractivity contribution in [2.75, 3.05) is 0 Å². The van der Waals surface area contributed by atoms with E-state index in [1.54, 1.807) is 12.1 Å². The molecular formula is C54H30O4.